The first-order chi connectivity index (χ1) is 14.2. The maximum atomic E-state index is 12.4. The molecule has 30 heavy (non-hydrogen) atoms. The van der Waals surface area contributed by atoms with Crippen molar-refractivity contribution in [1.82, 2.24) is 0 Å². The monoisotopic (exact) mass is 442 g/mol. The second kappa shape index (κ2) is 11.4. The van der Waals surface area contributed by atoms with E-state index in [1.165, 1.54) is 74.8 Å². The Morgan fingerprint density at radius 3 is 1.70 bits per heavy atom. The zero-order chi connectivity index (χ0) is 22.0. The van der Waals surface area contributed by atoms with Crippen LogP contribution in [0, 0.1) is 0 Å². The van der Waals surface area contributed by atoms with E-state index in [1.807, 2.05) is 12.1 Å². The highest BCUT2D eigenvalue weighted by atomic mass is 32.2. The molecule has 2 rings (SSSR count). The zero-order valence-corrected chi connectivity index (χ0v) is 18.1. The molecule has 0 aromatic heterocycles. The van der Waals surface area contributed by atoms with Crippen LogP contribution in [0.15, 0.2) is 48.5 Å². The molecule has 0 bridgehead atoms. The molecule has 0 radical (unpaired) electrons. The van der Waals surface area contributed by atoms with E-state index in [9.17, 15) is 21.6 Å². The van der Waals surface area contributed by atoms with Crippen molar-refractivity contribution in [3.8, 4) is 16.9 Å². The minimum Gasteiger partial charge on any atom is -0.376 e. The smallest absolute Gasteiger partial charge is 0.376 e. The third kappa shape index (κ3) is 7.67. The van der Waals surface area contributed by atoms with Gasteiger partial charge in [0.25, 0.3) is 0 Å². The molecule has 0 aliphatic heterocycles. The van der Waals surface area contributed by atoms with Gasteiger partial charge in [-0.05, 0) is 41.7 Å². The lowest BCUT2D eigenvalue weighted by Crippen LogP contribution is -2.28. The Morgan fingerprint density at radius 2 is 1.20 bits per heavy atom. The molecule has 0 amide bonds. The van der Waals surface area contributed by atoms with E-state index in [0.29, 0.717) is 0 Å². The summed E-state index contributed by atoms with van der Waals surface area (Å²) < 4.78 is 63.4. The number of aryl methyl sites for hydroxylation is 1. The predicted molar refractivity (Wildman–Crippen MR) is 114 cm³/mol. The van der Waals surface area contributed by atoms with Crippen molar-refractivity contribution in [2.75, 3.05) is 0 Å². The largest absolute Gasteiger partial charge is 0.534 e. The van der Waals surface area contributed by atoms with E-state index in [-0.39, 0.29) is 5.75 Å². The quantitative estimate of drug-likeness (QED) is 0.197. The van der Waals surface area contributed by atoms with Gasteiger partial charge in [-0.25, -0.2) is 0 Å². The number of hydrogen-bond acceptors (Lipinski definition) is 3. The standard InChI is InChI=1S/C23H29F3O3S/c1-2-3-4-5-6-7-8-9-10-19-11-13-20(14-12-19)21-15-17-22(18-16-21)29-30(27,28)23(24,25)26/h11-18H,2-10H2,1H3. The highest BCUT2D eigenvalue weighted by Crippen LogP contribution is 2.29. The number of hydrogen-bond donors (Lipinski definition) is 0. The Labute approximate surface area is 177 Å². The molecule has 166 valence electrons. The second-order valence-electron chi connectivity index (χ2n) is 7.43. The molecule has 0 spiro atoms. The van der Waals surface area contributed by atoms with Gasteiger partial charge in [-0.15, -0.1) is 0 Å². The molecule has 0 fully saturated rings. The van der Waals surface area contributed by atoms with E-state index in [1.54, 1.807) is 0 Å². The van der Waals surface area contributed by atoms with Gasteiger partial charge in [0.05, 0.1) is 0 Å². The van der Waals surface area contributed by atoms with Crippen LogP contribution in [0.2, 0.25) is 0 Å². The third-order valence-electron chi connectivity index (χ3n) is 4.95. The van der Waals surface area contributed by atoms with Crippen molar-refractivity contribution < 1.29 is 25.8 Å². The van der Waals surface area contributed by atoms with Gasteiger partial charge in [0.15, 0.2) is 0 Å². The van der Waals surface area contributed by atoms with Crippen molar-refractivity contribution in [1.29, 1.82) is 0 Å². The molecule has 0 saturated heterocycles. The first-order valence-corrected chi connectivity index (χ1v) is 11.8. The maximum Gasteiger partial charge on any atom is 0.534 e. The van der Waals surface area contributed by atoms with Crippen LogP contribution in [0.25, 0.3) is 11.1 Å². The normalized spacial score (nSPS) is 12.1. The number of unbranched alkanes of at least 4 members (excludes halogenated alkanes) is 7. The Morgan fingerprint density at radius 1 is 0.733 bits per heavy atom. The van der Waals surface area contributed by atoms with Crippen LogP contribution >= 0.6 is 0 Å². The summed E-state index contributed by atoms with van der Waals surface area (Å²) in [5, 5.41) is 0. The van der Waals surface area contributed by atoms with E-state index in [2.05, 4.69) is 23.2 Å². The summed E-state index contributed by atoms with van der Waals surface area (Å²) in [7, 11) is -5.65. The highest BCUT2D eigenvalue weighted by Gasteiger charge is 2.48. The molecule has 0 heterocycles. The molecular formula is C23H29F3O3S. The van der Waals surface area contributed by atoms with E-state index >= 15 is 0 Å². The molecule has 0 atom stereocenters. The highest BCUT2D eigenvalue weighted by molar-refractivity contribution is 7.88. The van der Waals surface area contributed by atoms with E-state index in [0.717, 1.165) is 24.0 Å². The van der Waals surface area contributed by atoms with Crippen molar-refractivity contribution in [2.45, 2.75) is 70.2 Å². The van der Waals surface area contributed by atoms with Gasteiger partial charge < -0.3 is 4.18 Å². The first kappa shape index (κ1) is 24.3. The summed E-state index contributed by atoms with van der Waals surface area (Å²) in [5.41, 5.74) is -2.53. The molecule has 0 unspecified atom stereocenters. The van der Waals surface area contributed by atoms with Gasteiger partial charge in [0.2, 0.25) is 0 Å². The van der Waals surface area contributed by atoms with Crippen molar-refractivity contribution in [3.63, 3.8) is 0 Å². The van der Waals surface area contributed by atoms with Gasteiger partial charge >= 0.3 is 15.6 Å². The molecule has 3 nitrogen and oxygen atoms in total. The Hall–Kier alpha value is -2.02. The van der Waals surface area contributed by atoms with Crippen LogP contribution in [0.5, 0.6) is 5.75 Å². The van der Waals surface area contributed by atoms with Gasteiger partial charge in [-0.3, -0.25) is 0 Å². The third-order valence-corrected chi connectivity index (χ3v) is 5.93. The van der Waals surface area contributed by atoms with Crippen LogP contribution in [-0.4, -0.2) is 13.9 Å². The molecule has 0 N–H and O–H groups in total. The molecule has 0 aliphatic rings. The minimum atomic E-state index is -5.65. The van der Waals surface area contributed by atoms with Crippen molar-refractivity contribution in [2.24, 2.45) is 0 Å². The molecule has 2 aromatic carbocycles. The molecule has 2 aromatic rings. The van der Waals surface area contributed by atoms with Crippen LogP contribution in [0.3, 0.4) is 0 Å². The molecular weight excluding hydrogens is 413 g/mol. The second-order valence-corrected chi connectivity index (χ2v) is 8.97. The Kier molecular flexibility index (Phi) is 9.21. The fourth-order valence-electron chi connectivity index (χ4n) is 3.20. The number of rotatable bonds is 12. The van der Waals surface area contributed by atoms with Crippen LogP contribution < -0.4 is 4.18 Å². The van der Waals surface area contributed by atoms with Crippen LogP contribution in [0.1, 0.15) is 63.9 Å². The summed E-state index contributed by atoms with van der Waals surface area (Å²) in [4.78, 5) is 0. The lowest BCUT2D eigenvalue weighted by molar-refractivity contribution is -0.0500. The Balaban J connectivity index is 1.82. The zero-order valence-electron chi connectivity index (χ0n) is 17.2. The van der Waals surface area contributed by atoms with Crippen molar-refractivity contribution >= 4 is 10.1 Å². The van der Waals surface area contributed by atoms with Gasteiger partial charge in [-0.2, -0.15) is 21.6 Å². The average molecular weight is 443 g/mol. The molecule has 7 heteroatoms. The summed E-state index contributed by atoms with van der Waals surface area (Å²) in [5.74, 6) is -0.373. The van der Waals surface area contributed by atoms with Crippen molar-refractivity contribution in [3.05, 3.63) is 54.1 Å². The predicted octanol–water partition coefficient (Wildman–Crippen LogP) is 7.27. The molecule has 0 aliphatic carbocycles. The van der Waals surface area contributed by atoms with Crippen LogP contribution in [-0.2, 0) is 16.5 Å². The number of halogens is 3. The van der Waals surface area contributed by atoms with Gasteiger partial charge in [0.1, 0.15) is 5.75 Å². The maximum absolute atomic E-state index is 12.4. The fraction of sp³-hybridized carbons (Fsp3) is 0.478. The summed E-state index contributed by atoms with van der Waals surface area (Å²) in [6, 6.07) is 13.5. The van der Waals surface area contributed by atoms with Gasteiger partial charge in [-0.1, -0.05) is 88.3 Å². The lowest BCUT2D eigenvalue weighted by atomic mass is 10.0. The van der Waals surface area contributed by atoms with E-state index < -0.39 is 15.6 Å². The summed E-state index contributed by atoms with van der Waals surface area (Å²) in [6.45, 7) is 2.22. The van der Waals surface area contributed by atoms with E-state index in [4.69, 9.17) is 0 Å². The van der Waals surface area contributed by atoms with Crippen LogP contribution in [0.4, 0.5) is 13.2 Å². The number of alkyl halides is 3. The Bertz CT molecular complexity index is 858. The summed E-state index contributed by atoms with van der Waals surface area (Å²) in [6.07, 6.45) is 11.3. The number of benzene rings is 2. The topological polar surface area (TPSA) is 43.4 Å². The summed E-state index contributed by atoms with van der Waals surface area (Å²) >= 11 is 0. The SMILES string of the molecule is CCCCCCCCCCc1ccc(-c2ccc(OS(=O)(=O)C(F)(F)F)cc2)cc1. The minimum absolute atomic E-state index is 0.373. The first-order valence-electron chi connectivity index (χ1n) is 10.4. The lowest BCUT2D eigenvalue weighted by Gasteiger charge is -2.10. The average Bonchev–Trinajstić information content (AvgIpc) is 2.70. The molecule has 0 saturated carbocycles. The fourth-order valence-corrected chi connectivity index (χ4v) is 3.66. The van der Waals surface area contributed by atoms with Gasteiger partial charge in [0, 0.05) is 0 Å².